The van der Waals surface area contributed by atoms with E-state index >= 15 is 0 Å². The van der Waals surface area contributed by atoms with E-state index in [9.17, 15) is 4.79 Å². The molecule has 0 spiro atoms. The van der Waals surface area contributed by atoms with Crippen LogP contribution in [-0.4, -0.2) is 42.6 Å². The van der Waals surface area contributed by atoms with Crippen LogP contribution < -0.4 is 5.73 Å². The van der Waals surface area contributed by atoms with Crippen molar-refractivity contribution in [3.63, 3.8) is 0 Å². The Morgan fingerprint density at radius 3 is 2.88 bits per heavy atom. The fourth-order valence-electron chi connectivity index (χ4n) is 3.04. The van der Waals surface area contributed by atoms with Gasteiger partial charge in [-0.2, -0.15) is 0 Å². The van der Waals surface area contributed by atoms with Crippen LogP contribution in [0.3, 0.4) is 0 Å². The van der Waals surface area contributed by atoms with Crippen molar-refractivity contribution in [2.24, 2.45) is 11.7 Å². The van der Waals surface area contributed by atoms with Gasteiger partial charge in [0, 0.05) is 25.7 Å². The first kappa shape index (κ1) is 12.8. The van der Waals surface area contributed by atoms with E-state index in [4.69, 9.17) is 10.5 Å². The first-order valence-corrected chi connectivity index (χ1v) is 6.83. The Morgan fingerprint density at radius 1 is 1.41 bits per heavy atom. The van der Waals surface area contributed by atoms with E-state index in [1.807, 2.05) is 4.90 Å². The molecule has 1 amide bonds. The maximum absolute atomic E-state index is 12.3. The molecule has 2 saturated heterocycles. The lowest BCUT2D eigenvalue weighted by atomic mass is 9.90. The van der Waals surface area contributed by atoms with Gasteiger partial charge in [-0.15, -0.1) is 0 Å². The standard InChI is InChI=1S/C13H24N2O2/c1-10-4-2-6-15(12(10)9-14)13(16)8-11-5-3-7-17-11/h10-12H,2-9,14H2,1H3/t10-,11+,12-/m1/s1. The number of carbonyl (C=O) groups is 1. The van der Waals surface area contributed by atoms with Crippen LogP contribution in [-0.2, 0) is 9.53 Å². The molecule has 2 heterocycles. The largest absolute Gasteiger partial charge is 0.378 e. The Morgan fingerprint density at radius 2 is 2.24 bits per heavy atom. The number of rotatable bonds is 3. The van der Waals surface area contributed by atoms with Crippen LogP contribution in [0.4, 0.5) is 0 Å². The van der Waals surface area contributed by atoms with Gasteiger partial charge in [0.25, 0.3) is 0 Å². The van der Waals surface area contributed by atoms with Crippen LogP contribution in [0.1, 0.15) is 39.0 Å². The molecule has 17 heavy (non-hydrogen) atoms. The monoisotopic (exact) mass is 240 g/mol. The third-order valence-corrected chi connectivity index (χ3v) is 4.10. The summed E-state index contributed by atoms with van der Waals surface area (Å²) < 4.78 is 5.53. The minimum atomic E-state index is 0.151. The Labute approximate surface area is 103 Å². The van der Waals surface area contributed by atoms with E-state index in [-0.39, 0.29) is 18.1 Å². The van der Waals surface area contributed by atoms with Gasteiger partial charge in [0.05, 0.1) is 12.5 Å². The van der Waals surface area contributed by atoms with E-state index in [0.29, 0.717) is 18.9 Å². The Bertz CT molecular complexity index is 264. The molecule has 0 aromatic rings. The molecule has 98 valence electrons. The van der Waals surface area contributed by atoms with Crippen molar-refractivity contribution >= 4 is 5.91 Å². The second-order valence-electron chi connectivity index (χ2n) is 5.35. The predicted molar refractivity (Wildman–Crippen MR) is 66.5 cm³/mol. The first-order chi connectivity index (χ1) is 8.22. The lowest BCUT2D eigenvalue weighted by Crippen LogP contribution is -2.51. The van der Waals surface area contributed by atoms with Gasteiger partial charge in [-0.1, -0.05) is 6.92 Å². The third-order valence-electron chi connectivity index (χ3n) is 4.10. The SMILES string of the molecule is C[C@@H]1CCCN(C(=O)C[C@@H]2CCCO2)[C@@H]1CN. The summed E-state index contributed by atoms with van der Waals surface area (Å²) in [6.45, 7) is 4.47. The summed E-state index contributed by atoms with van der Waals surface area (Å²) in [7, 11) is 0. The van der Waals surface area contributed by atoms with E-state index < -0.39 is 0 Å². The number of nitrogens with zero attached hydrogens (tertiary/aromatic N) is 1. The highest BCUT2D eigenvalue weighted by molar-refractivity contribution is 5.77. The molecular weight excluding hydrogens is 216 g/mol. The molecular formula is C13H24N2O2. The van der Waals surface area contributed by atoms with Gasteiger partial charge in [0.2, 0.25) is 5.91 Å². The van der Waals surface area contributed by atoms with Crippen molar-refractivity contribution in [1.29, 1.82) is 0 Å². The maximum Gasteiger partial charge on any atom is 0.225 e. The zero-order chi connectivity index (χ0) is 12.3. The summed E-state index contributed by atoms with van der Waals surface area (Å²) >= 11 is 0. The van der Waals surface area contributed by atoms with E-state index in [1.54, 1.807) is 0 Å². The van der Waals surface area contributed by atoms with Crippen molar-refractivity contribution in [2.75, 3.05) is 19.7 Å². The average molecular weight is 240 g/mol. The van der Waals surface area contributed by atoms with Crippen LogP contribution in [0.15, 0.2) is 0 Å². The molecule has 0 aromatic carbocycles. The molecule has 3 atom stereocenters. The number of carbonyl (C=O) groups excluding carboxylic acids is 1. The molecule has 0 bridgehead atoms. The van der Waals surface area contributed by atoms with Crippen LogP contribution in [0.5, 0.6) is 0 Å². The van der Waals surface area contributed by atoms with Crippen LogP contribution >= 0.6 is 0 Å². The molecule has 0 radical (unpaired) electrons. The quantitative estimate of drug-likeness (QED) is 0.805. The zero-order valence-corrected chi connectivity index (χ0v) is 10.7. The van der Waals surface area contributed by atoms with Crippen molar-refractivity contribution < 1.29 is 9.53 Å². The van der Waals surface area contributed by atoms with Crippen molar-refractivity contribution in [1.82, 2.24) is 4.90 Å². The summed E-state index contributed by atoms with van der Waals surface area (Å²) in [6, 6.07) is 0.234. The van der Waals surface area contributed by atoms with Gasteiger partial charge in [-0.25, -0.2) is 0 Å². The Kier molecular flexibility index (Phi) is 4.40. The van der Waals surface area contributed by atoms with Gasteiger partial charge < -0.3 is 15.4 Å². The topological polar surface area (TPSA) is 55.6 Å². The number of ether oxygens (including phenoxy) is 1. The highest BCUT2D eigenvalue weighted by Gasteiger charge is 2.32. The first-order valence-electron chi connectivity index (χ1n) is 6.83. The zero-order valence-electron chi connectivity index (χ0n) is 10.7. The number of piperidine rings is 1. The normalized spacial score (nSPS) is 34.0. The average Bonchev–Trinajstić information content (AvgIpc) is 2.81. The van der Waals surface area contributed by atoms with Crippen LogP contribution in [0, 0.1) is 5.92 Å². The molecule has 0 saturated carbocycles. The molecule has 4 nitrogen and oxygen atoms in total. The fraction of sp³-hybridized carbons (Fsp3) is 0.923. The number of nitrogens with two attached hydrogens (primary N) is 1. The van der Waals surface area contributed by atoms with Gasteiger partial charge in [-0.05, 0) is 31.6 Å². The minimum absolute atomic E-state index is 0.151. The highest BCUT2D eigenvalue weighted by atomic mass is 16.5. The van der Waals surface area contributed by atoms with Crippen LogP contribution in [0.25, 0.3) is 0 Å². The van der Waals surface area contributed by atoms with Gasteiger partial charge in [0.1, 0.15) is 0 Å². The van der Waals surface area contributed by atoms with Gasteiger partial charge in [-0.3, -0.25) is 4.79 Å². The second kappa shape index (κ2) is 5.83. The number of likely N-dealkylation sites (tertiary alicyclic amines) is 1. The molecule has 2 aliphatic rings. The molecule has 0 aliphatic carbocycles. The molecule has 2 N–H and O–H groups in total. The molecule has 0 unspecified atom stereocenters. The maximum atomic E-state index is 12.3. The number of amides is 1. The molecule has 2 rings (SSSR count). The smallest absolute Gasteiger partial charge is 0.225 e. The van der Waals surface area contributed by atoms with Gasteiger partial charge >= 0.3 is 0 Å². The summed E-state index contributed by atoms with van der Waals surface area (Å²) in [6.07, 6.45) is 5.11. The van der Waals surface area contributed by atoms with Crippen molar-refractivity contribution in [3.05, 3.63) is 0 Å². The van der Waals surface area contributed by atoms with Crippen molar-refractivity contribution in [2.45, 2.75) is 51.2 Å². The Hall–Kier alpha value is -0.610. The lowest BCUT2D eigenvalue weighted by molar-refractivity contribution is -0.138. The van der Waals surface area contributed by atoms with E-state index in [1.165, 1.54) is 6.42 Å². The van der Waals surface area contributed by atoms with E-state index in [0.717, 1.165) is 32.4 Å². The third kappa shape index (κ3) is 2.99. The lowest BCUT2D eigenvalue weighted by Gasteiger charge is -2.39. The Balaban J connectivity index is 1.91. The molecule has 2 aliphatic heterocycles. The summed E-state index contributed by atoms with van der Waals surface area (Å²) in [5, 5.41) is 0. The highest BCUT2D eigenvalue weighted by Crippen LogP contribution is 2.25. The molecule has 4 heteroatoms. The second-order valence-corrected chi connectivity index (χ2v) is 5.35. The molecule has 2 fully saturated rings. The number of hydrogen-bond donors (Lipinski definition) is 1. The number of hydrogen-bond acceptors (Lipinski definition) is 3. The van der Waals surface area contributed by atoms with E-state index in [2.05, 4.69) is 6.92 Å². The predicted octanol–water partition coefficient (Wildman–Crippen LogP) is 1.14. The summed E-state index contributed by atoms with van der Waals surface area (Å²) in [5.74, 6) is 0.765. The fourth-order valence-corrected chi connectivity index (χ4v) is 3.04. The summed E-state index contributed by atoms with van der Waals surface area (Å²) in [4.78, 5) is 14.3. The van der Waals surface area contributed by atoms with Crippen LogP contribution in [0.2, 0.25) is 0 Å². The minimum Gasteiger partial charge on any atom is -0.378 e. The summed E-state index contributed by atoms with van der Waals surface area (Å²) in [5.41, 5.74) is 5.80. The molecule has 0 aromatic heterocycles. The van der Waals surface area contributed by atoms with Crippen molar-refractivity contribution in [3.8, 4) is 0 Å². The van der Waals surface area contributed by atoms with Gasteiger partial charge in [0.15, 0.2) is 0 Å².